The lowest BCUT2D eigenvalue weighted by molar-refractivity contribution is -0.142. The van der Waals surface area contributed by atoms with Crippen LogP contribution in [0.1, 0.15) is 22.8 Å². The maximum atomic E-state index is 11.2. The molecular formula is C18H16O4. The summed E-state index contributed by atoms with van der Waals surface area (Å²) >= 11 is 0. The standard InChI is InChI=1S/C18H16O4/c1-10-3-4-14(9-11(10)2)12-5-7-13(8-6-12)17-15(19)16(20)18(21)22-17/h3-9,17,19-20H,1-2H3. The van der Waals surface area contributed by atoms with Gasteiger partial charge in [-0.15, -0.1) is 0 Å². The highest BCUT2D eigenvalue weighted by molar-refractivity contribution is 5.89. The lowest BCUT2D eigenvalue weighted by atomic mass is 9.98. The van der Waals surface area contributed by atoms with Gasteiger partial charge in [-0.1, -0.05) is 42.5 Å². The summed E-state index contributed by atoms with van der Waals surface area (Å²) in [6.07, 6.45) is -0.929. The minimum absolute atomic E-state index is 0.441. The number of aliphatic hydroxyl groups excluding tert-OH is 2. The van der Waals surface area contributed by atoms with E-state index in [4.69, 9.17) is 4.74 Å². The number of aliphatic hydroxyl groups is 2. The number of carbonyl (C=O) groups is 1. The maximum absolute atomic E-state index is 11.2. The molecule has 0 aliphatic carbocycles. The first-order valence-electron chi connectivity index (χ1n) is 6.98. The third-order valence-electron chi connectivity index (χ3n) is 3.96. The third kappa shape index (κ3) is 2.33. The fourth-order valence-corrected chi connectivity index (χ4v) is 2.44. The fourth-order valence-electron chi connectivity index (χ4n) is 2.44. The van der Waals surface area contributed by atoms with E-state index in [1.54, 1.807) is 12.1 Å². The first-order chi connectivity index (χ1) is 10.5. The van der Waals surface area contributed by atoms with Crippen molar-refractivity contribution in [2.24, 2.45) is 0 Å². The van der Waals surface area contributed by atoms with Crippen LogP contribution >= 0.6 is 0 Å². The van der Waals surface area contributed by atoms with Gasteiger partial charge in [-0.05, 0) is 36.1 Å². The first-order valence-corrected chi connectivity index (χ1v) is 6.98. The Labute approximate surface area is 128 Å². The second kappa shape index (κ2) is 5.22. The van der Waals surface area contributed by atoms with Crippen LogP contribution in [0.25, 0.3) is 11.1 Å². The van der Waals surface area contributed by atoms with Gasteiger partial charge in [0.2, 0.25) is 5.76 Å². The van der Waals surface area contributed by atoms with Crippen molar-refractivity contribution in [3.05, 3.63) is 70.7 Å². The minimum Gasteiger partial charge on any atom is -0.505 e. The Hall–Kier alpha value is -2.75. The molecule has 0 amide bonds. The number of rotatable bonds is 2. The van der Waals surface area contributed by atoms with E-state index < -0.39 is 23.6 Å². The van der Waals surface area contributed by atoms with Crippen molar-refractivity contribution >= 4 is 5.97 Å². The predicted octanol–water partition coefficient (Wildman–Crippen LogP) is 3.90. The average Bonchev–Trinajstić information content (AvgIpc) is 2.78. The fraction of sp³-hybridized carbons (Fsp3) is 0.167. The molecule has 0 bridgehead atoms. The number of hydrogen-bond acceptors (Lipinski definition) is 4. The number of carbonyl (C=O) groups excluding carboxylic acids is 1. The number of hydrogen-bond donors (Lipinski definition) is 2. The van der Waals surface area contributed by atoms with E-state index in [1.807, 2.05) is 12.1 Å². The summed E-state index contributed by atoms with van der Waals surface area (Å²) in [5.74, 6) is -2.06. The second-order valence-electron chi connectivity index (χ2n) is 5.44. The summed E-state index contributed by atoms with van der Waals surface area (Å²) in [5.41, 5.74) is 5.20. The van der Waals surface area contributed by atoms with Crippen molar-refractivity contribution in [1.82, 2.24) is 0 Å². The molecule has 4 heteroatoms. The Kier molecular flexibility index (Phi) is 3.37. The van der Waals surface area contributed by atoms with Gasteiger partial charge < -0.3 is 14.9 Å². The first kappa shape index (κ1) is 14.2. The molecule has 4 nitrogen and oxygen atoms in total. The summed E-state index contributed by atoms with van der Waals surface area (Å²) in [4.78, 5) is 11.2. The van der Waals surface area contributed by atoms with Gasteiger partial charge in [0.15, 0.2) is 11.9 Å². The lowest BCUT2D eigenvalue weighted by Crippen LogP contribution is -2.03. The number of benzene rings is 2. The van der Waals surface area contributed by atoms with Gasteiger partial charge in [0, 0.05) is 5.56 Å². The van der Waals surface area contributed by atoms with Gasteiger partial charge in [-0.2, -0.15) is 0 Å². The molecule has 1 atom stereocenters. The highest BCUT2D eigenvalue weighted by atomic mass is 16.6. The smallest absolute Gasteiger partial charge is 0.378 e. The molecule has 1 aliphatic rings. The van der Waals surface area contributed by atoms with Gasteiger partial charge in [0.05, 0.1) is 0 Å². The molecule has 2 aromatic rings. The highest BCUT2D eigenvalue weighted by Gasteiger charge is 2.35. The molecular weight excluding hydrogens is 280 g/mol. The molecule has 0 spiro atoms. The molecule has 2 N–H and O–H groups in total. The Balaban J connectivity index is 1.90. The van der Waals surface area contributed by atoms with Crippen LogP contribution in [0.4, 0.5) is 0 Å². The SMILES string of the molecule is Cc1ccc(-c2ccc(C3OC(=O)C(O)=C3O)cc2)cc1C. The molecule has 0 aromatic heterocycles. The van der Waals surface area contributed by atoms with Gasteiger partial charge >= 0.3 is 5.97 Å². The van der Waals surface area contributed by atoms with E-state index in [2.05, 4.69) is 32.0 Å². The molecule has 1 heterocycles. The summed E-state index contributed by atoms with van der Waals surface area (Å²) in [5, 5.41) is 19.1. The van der Waals surface area contributed by atoms with Crippen LogP contribution in [0, 0.1) is 13.8 Å². The summed E-state index contributed by atoms with van der Waals surface area (Å²) in [6.45, 7) is 4.13. The van der Waals surface area contributed by atoms with Gasteiger partial charge in [0.25, 0.3) is 0 Å². The Morgan fingerprint density at radius 2 is 1.55 bits per heavy atom. The van der Waals surface area contributed by atoms with Crippen molar-refractivity contribution in [2.75, 3.05) is 0 Å². The zero-order valence-corrected chi connectivity index (χ0v) is 12.3. The molecule has 0 fully saturated rings. The van der Waals surface area contributed by atoms with Crippen molar-refractivity contribution in [1.29, 1.82) is 0 Å². The number of aryl methyl sites for hydroxylation is 2. The lowest BCUT2D eigenvalue weighted by Gasteiger charge is -2.11. The normalized spacial score (nSPS) is 17.7. The van der Waals surface area contributed by atoms with Crippen LogP contribution in [0.3, 0.4) is 0 Å². The van der Waals surface area contributed by atoms with E-state index >= 15 is 0 Å². The van der Waals surface area contributed by atoms with Crippen LogP contribution in [0.15, 0.2) is 54.0 Å². The van der Waals surface area contributed by atoms with Crippen molar-refractivity contribution in [3.63, 3.8) is 0 Å². The largest absolute Gasteiger partial charge is 0.505 e. The Morgan fingerprint density at radius 3 is 2.09 bits per heavy atom. The molecule has 1 unspecified atom stereocenters. The van der Waals surface area contributed by atoms with Gasteiger partial charge in [-0.25, -0.2) is 4.79 Å². The molecule has 112 valence electrons. The van der Waals surface area contributed by atoms with Crippen LogP contribution in [0.5, 0.6) is 0 Å². The molecule has 0 radical (unpaired) electrons. The number of ether oxygens (including phenoxy) is 1. The zero-order valence-electron chi connectivity index (χ0n) is 12.3. The van der Waals surface area contributed by atoms with Crippen molar-refractivity contribution < 1.29 is 19.7 Å². The van der Waals surface area contributed by atoms with E-state index in [-0.39, 0.29) is 0 Å². The van der Waals surface area contributed by atoms with Crippen LogP contribution in [-0.4, -0.2) is 16.2 Å². The summed E-state index contributed by atoms with van der Waals surface area (Å²) in [7, 11) is 0. The van der Waals surface area contributed by atoms with Crippen LogP contribution < -0.4 is 0 Å². The number of cyclic esters (lactones) is 1. The average molecular weight is 296 g/mol. The Bertz CT molecular complexity index is 772. The van der Waals surface area contributed by atoms with E-state index in [0.717, 1.165) is 11.1 Å². The molecule has 22 heavy (non-hydrogen) atoms. The third-order valence-corrected chi connectivity index (χ3v) is 3.96. The second-order valence-corrected chi connectivity index (χ2v) is 5.44. The van der Waals surface area contributed by atoms with Crippen molar-refractivity contribution in [3.8, 4) is 11.1 Å². The molecule has 0 saturated heterocycles. The summed E-state index contributed by atoms with van der Waals surface area (Å²) in [6, 6.07) is 13.6. The Morgan fingerprint density at radius 1 is 0.909 bits per heavy atom. The van der Waals surface area contributed by atoms with Crippen LogP contribution in [-0.2, 0) is 9.53 Å². The molecule has 3 rings (SSSR count). The van der Waals surface area contributed by atoms with E-state index in [9.17, 15) is 15.0 Å². The molecule has 1 aliphatic heterocycles. The van der Waals surface area contributed by atoms with Gasteiger partial charge in [0.1, 0.15) is 0 Å². The molecule has 0 saturated carbocycles. The summed E-state index contributed by atoms with van der Waals surface area (Å²) < 4.78 is 4.94. The quantitative estimate of drug-likeness (QED) is 0.825. The zero-order chi connectivity index (χ0) is 15.9. The van der Waals surface area contributed by atoms with E-state index in [0.29, 0.717) is 5.56 Å². The van der Waals surface area contributed by atoms with Crippen molar-refractivity contribution in [2.45, 2.75) is 20.0 Å². The minimum atomic E-state index is -0.929. The van der Waals surface area contributed by atoms with Crippen LogP contribution in [0.2, 0.25) is 0 Å². The monoisotopic (exact) mass is 296 g/mol. The topological polar surface area (TPSA) is 66.8 Å². The van der Waals surface area contributed by atoms with E-state index in [1.165, 1.54) is 11.1 Å². The number of esters is 1. The maximum Gasteiger partial charge on any atom is 0.378 e. The highest BCUT2D eigenvalue weighted by Crippen LogP contribution is 2.33. The van der Waals surface area contributed by atoms with Gasteiger partial charge in [-0.3, -0.25) is 0 Å². The molecule has 2 aromatic carbocycles. The predicted molar refractivity (Wildman–Crippen MR) is 82.5 cm³/mol.